The second-order valence-electron chi connectivity index (χ2n) is 6.75. The summed E-state index contributed by atoms with van der Waals surface area (Å²) in [5.41, 5.74) is 1.92. The molecule has 1 unspecified atom stereocenters. The van der Waals surface area contributed by atoms with Crippen LogP contribution in [0.15, 0.2) is 54.6 Å². The number of carbonyl (C=O) groups is 2. The molecular weight excluding hydrogens is 340 g/mol. The summed E-state index contributed by atoms with van der Waals surface area (Å²) in [5, 5.41) is 2.92. The maximum absolute atomic E-state index is 12.6. The van der Waals surface area contributed by atoms with E-state index in [2.05, 4.69) is 17.4 Å². The predicted molar refractivity (Wildman–Crippen MR) is 106 cm³/mol. The SMILES string of the molecule is CCOc1ccccc1NC(=O)C1CC(=O)N(CCCc2ccccc2)C1. The molecule has 0 bridgehead atoms. The highest BCUT2D eigenvalue weighted by Gasteiger charge is 2.34. The zero-order valence-electron chi connectivity index (χ0n) is 15.7. The van der Waals surface area contributed by atoms with Crippen LogP contribution in [0.1, 0.15) is 25.3 Å². The van der Waals surface area contributed by atoms with Gasteiger partial charge in [-0.15, -0.1) is 0 Å². The molecular formula is C22H26N2O3. The quantitative estimate of drug-likeness (QED) is 0.778. The molecule has 1 saturated heterocycles. The third-order valence-corrected chi connectivity index (χ3v) is 4.77. The Balaban J connectivity index is 1.51. The van der Waals surface area contributed by atoms with Gasteiger partial charge in [0.2, 0.25) is 11.8 Å². The summed E-state index contributed by atoms with van der Waals surface area (Å²) in [6.45, 7) is 3.61. The lowest BCUT2D eigenvalue weighted by Gasteiger charge is -2.17. The smallest absolute Gasteiger partial charge is 0.229 e. The lowest BCUT2D eigenvalue weighted by atomic mass is 10.1. The van der Waals surface area contributed by atoms with Gasteiger partial charge in [0.25, 0.3) is 0 Å². The van der Waals surface area contributed by atoms with Crippen molar-refractivity contribution >= 4 is 17.5 Å². The van der Waals surface area contributed by atoms with Gasteiger partial charge in [-0.25, -0.2) is 0 Å². The van der Waals surface area contributed by atoms with Gasteiger partial charge in [0.15, 0.2) is 0 Å². The first-order valence-electron chi connectivity index (χ1n) is 9.51. The highest BCUT2D eigenvalue weighted by Crippen LogP contribution is 2.26. The predicted octanol–water partition coefficient (Wildman–Crippen LogP) is 3.51. The number of para-hydroxylation sites is 2. The Morgan fingerprint density at radius 3 is 2.67 bits per heavy atom. The molecule has 0 saturated carbocycles. The number of amides is 2. The zero-order valence-corrected chi connectivity index (χ0v) is 15.7. The number of hydrogen-bond acceptors (Lipinski definition) is 3. The van der Waals surface area contributed by atoms with Crippen molar-refractivity contribution < 1.29 is 14.3 Å². The first-order chi connectivity index (χ1) is 13.2. The van der Waals surface area contributed by atoms with Crippen molar-refractivity contribution in [2.24, 2.45) is 5.92 Å². The Morgan fingerprint density at radius 1 is 1.15 bits per heavy atom. The molecule has 1 fully saturated rings. The van der Waals surface area contributed by atoms with Crippen molar-refractivity contribution in [2.45, 2.75) is 26.2 Å². The van der Waals surface area contributed by atoms with Crippen molar-refractivity contribution in [1.29, 1.82) is 0 Å². The maximum atomic E-state index is 12.6. The van der Waals surface area contributed by atoms with Crippen LogP contribution in [0.2, 0.25) is 0 Å². The number of benzene rings is 2. The normalized spacial score (nSPS) is 16.4. The molecule has 5 heteroatoms. The summed E-state index contributed by atoms with van der Waals surface area (Å²) in [6, 6.07) is 17.6. The summed E-state index contributed by atoms with van der Waals surface area (Å²) in [6.07, 6.45) is 2.11. The zero-order chi connectivity index (χ0) is 19.1. The average molecular weight is 366 g/mol. The van der Waals surface area contributed by atoms with E-state index in [-0.39, 0.29) is 24.2 Å². The topological polar surface area (TPSA) is 58.6 Å². The van der Waals surface area contributed by atoms with E-state index in [4.69, 9.17) is 4.74 Å². The summed E-state index contributed by atoms with van der Waals surface area (Å²) >= 11 is 0. The standard InChI is InChI=1S/C22H26N2O3/c1-2-27-20-13-7-6-12-19(20)23-22(26)18-15-21(25)24(16-18)14-8-11-17-9-4-3-5-10-17/h3-7,9-10,12-13,18H,2,8,11,14-16H2,1H3,(H,23,26). The van der Waals surface area contributed by atoms with Crippen LogP contribution in [-0.4, -0.2) is 36.4 Å². The molecule has 1 aliphatic rings. The summed E-state index contributed by atoms with van der Waals surface area (Å²) < 4.78 is 5.55. The van der Waals surface area contributed by atoms with Crippen molar-refractivity contribution in [1.82, 2.24) is 4.90 Å². The van der Waals surface area contributed by atoms with Gasteiger partial charge in [-0.1, -0.05) is 42.5 Å². The van der Waals surface area contributed by atoms with Crippen LogP contribution in [0, 0.1) is 5.92 Å². The minimum absolute atomic E-state index is 0.0568. The van der Waals surface area contributed by atoms with Gasteiger partial charge in [0, 0.05) is 19.5 Å². The number of hydrogen-bond donors (Lipinski definition) is 1. The molecule has 1 aliphatic heterocycles. The molecule has 1 atom stereocenters. The molecule has 2 aromatic carbocycles. The molecule has 0 aromatic heterocycles. The second-order valence-corrected chi connectivity index (χ2v) is 6.75. The van der Waals surface area contributed by atoms with E-state index in [1.54, 1.807) is 0 Å². The van der Waals surface area contributed by atoms with Crippen molar-refractivity contribution in [3.05, 3.63) is 60.2 Å². The minimum Gasteiger partial charge on any atom is -0.492 e. The Kier molecular flexibility index (Phi) is 6.47. The molecule has 0 aliphatic carbocycles. The van der Waals surface area contributed by atoms with Gasteiger partial charge in [0.05, 0.1) is 18.2 Å². The fraction of sp³-hybridized carbons (Fsp3) is 0.364. The van der Waals surface area contributed by atoms with Gasteiger partial charge in [-0.2, -0.15) is 0 Å². The second kappa shape index (κ2) is 9.21. The number of aryl methyl sites for hydroxylation is 1. The van der Waals surface area contributed by atoms with Crippen LogP contribution < -0.4 is 10.1 Å². The van der Waals surface area contributed by atoms with Crippen molar-refractivity contribution in [3.8, 4) is 5.75 Å². The third-order valence-electron chi connectivity index (χ3n) is 4.77. The fourth-order valence-electron chi connectivity index (χ4n) is 3.37. The van der Waals surface area contributed by atoms with E-state index in [9.17, 15) is 9.59 Å². The third kappa shape index (κ3) is 5.09. The molecule has 142 valence electrons. The average Bonchev–Trinajstić information content (AvgIpc) is 3.05. The van der Waals surface area contributed by atoms with E-state index < -0.39 is 0 Å². The van der Waals surface area contributed by atoms with E-state index in [1.165, 1.54) is 5.56 Å². The Hall–Kier alpha value is -2.82. The highest BCUT2D eigenvalue weighted by atomic mass is 16.5. The van der Waals surface area contributed by atoms with E-state index >= 15 is 0 Å². The Bertz CT molecular complexity index is 776. The molecule has 5 nitrogen and oxygen atoms in total. The minimum atomic E-state index is -0.316. The number of anilines is 1. The van der Waals surface area contributed by atoms with Crippen LogP contribution in [0.25, 0.3) is 0 Å². The number of carbonyl (C=O) groups excluding carboxylic acids is 2. The van der Waals surface area contributed by atoms with Crippen LogP contribution in [0.4, 0.5) is 5.69 Å². The van der Waals surface area contributed by atoms with Gasteiger partial charge in [0.1, 0.15) is 5.75 Å². The molecule has 1 N–H and O–H groups in total. The van der Waals surface area contributed by atoms with Crippen molar-refractivity contribution in [3.63, 3.8) is 0 Å². The van der Waals surface area contributed by atoms with Crippen LogP contribution >= 0.6 is 0 Å². The van der Waals surface area contributed by atoms with E-state index in [0.29, 0.717) is 31.1 Å². The lowest BCUT2D eigenvalue weighted by Crippen LogP contribution is -2.29. The lowest BCUT2D eigenvalue weighted by molar-refractivity contribution is -0.128. The molecule has 3 rings (SSSR count). The van der Waals surface area contributed by atoms with E-state index in [1.807, 2.05) is 54.3 Å². The number of nitrogens with zero attached hydrogens (tertiary/aromatic N) is 1. The Labute approximate surface area is 160 Å². The van der Waals surface area contributed by atoms with Gasteiger partial charge < -0.3 is 15.0 Å². The number of ether oxygens (including phenoxy) is 1. The van der Waals surface area contributed by atoms with Gasteiger partial charge in [-0.05, 0) is 37.5 Å². The summed E-state index contributed by atoms with van der Waals surface area (Å²) in [5.74, 6) is 0.267. The number of likely N-dealkylation sites (tertiary alicyclic amines) is 1. The van der Waals surface area contributed by atoms with Crippen LogP contribution in [0.5, 0.6) is 5.75 Å². The first kappa shape index (κ1) is 19.0. The van der Waals surface area contributed by atoms with Crippen LogP contribution in [0.3, 0.4) is 0 Å². The monoisotopic (exact) mass is 366 g/mol. The molecule has 2 aromatic rings. The molecule has 0 spiro atoms. The number of rotatable bonds is 8. The van der Waals surface area contributed by atoms with Crippen molar-refractivity contribution in [2.75, 3.05) is 25.0 Å². The largest absolute Gasteiger partial charge is 0.492 e. The molecule has 0 radical (unpaired) electrons. The van der Waals surface area contributed by atoms with Gasteiger partial charge in [-0.3, -0.25) is 9.59 Å². The molecule has 27 heavy (non-hydrogen) atoms. The maximum Gasteiger partial charge on any atom is 0.229 e. The first-order valence-corrected chi connectivity index (χ1v) is 9.51. The number of nitrogens with one attached hydrogen (secondary N) is 1. The molecule has 1 heterocycles. The van der Waals surface area contributed by atoms with E-state index in [0.717, 1.165) is 12.8 Å². The fourth-order valence-corrected chi connectivity index (χ4v) is 3.37. The highest BCUT2D eigenvalue weighted by molar-refractivity contribution is 5.98. The van der Waals surface area contributed by atoms with Crippen LogP contribution in [-0.2, 0) is 16.0 Å². The summed E-state index contributed by atoms with van der Waals surface area (Å²) in [7, 11) is 0. The van der Waals surface area contributed by atoms with Gasteiger partial charge >= 0.3 is 0 Å². The summed E-state index contributed by atoms with van der Waals surface area (Å²) in [4.78, 5) is 26.7. The molecule has 2 amide bonds. The Morgan fingerprint density at radius 2 is 1.89 bits per heavy atom.